The molecule has 12 heavy (non-hydrogen) atoms. The van der Waals surface area contributed by atoms with Crippen molar-refractivity contribution in [2.75, 3.05) is 6.61 Å². The van der Waals surface area contributed by atoms with Crippen molar-refractivity contribution in [3.8, 4) is 0 Å². The van der Waals surface area contributed by atoms with Gasteiger partial charge >= 0.3 is 0 Å². The Morgan fingerprint density at radius 1 is 1.25 bits per heavy atom. The number of hydrogen-bond donors (Lipinski definition) is 1. The average molecular weight is 175 g/mol. The molecule has 73 valence electrons. The van der Waals surface area contributed by atoms with E-state index in [9.17, 15) is 0 Å². The Morgan fingerprint density at radius 2 is 1.83 bits per heavy atom. The minimum absolute atomic E-state index is 0.238. The molecular formula is C8H19N2O2. The van der Waals surface area contributed by atoms with Gasteiger partial charge in [-0.05, 0) is 19.8 Å². The highest BCUT2D eigenvalue weighted by molar-refractivity contribution is 4.43. The molecule has 0 spiro atoms. The first-order chi connectivity index (χ1) is 5.52. The number of nitrogens with zero attached hydrogens (tertiary/aromatic N) is 1. The molecule has 0 saturated carbocycles. The Kier molecular flexibility index (Phi) is 6.28. The summed E-state index contributed by atoms with van der Waals surface area (Å²) in [5.41, 5.74) is 9.07. The fraction of sp³-hybridized carbons (Fsp3) is 1.00. The standard InChI is InChI=1S/C8H19N2O2/c1-6(2)5-11-8(4)10-12-7(3)9/h6-8H,5,9H2,1-4H3. The van der Waals surface area contributed by atoms with Gasteiger partial charge < -0.3 is 10.5 Å². The summed E-state index contributed by atoms with van der Waals surface area (Å²) in [6.45, 7) is 8.40. The maximum atomic E-state index is 5.33. The van der Waals surface area contributed by atoms with Gasteiger partial charge in [0.2, 0.25) is 0 Å². The van der Waals surface area contributed by atoms with Crippen molar-refractivity contribution < 1.29 is 9.57 Å². The Hall–Kier alpha value is -0.160. The molecule has 4 nitrogen and oxygen atoms in total. The van der Waals surface area contributed by atoms with Gasteiger partial charge in [0.25, 0.3) is 0 Å². The number of hydrogen-bond acceptors (Lipinski definition) is 3. The molecule has 0 aliphatic heterocycles. The second-order valence-corrected chi connectivity index (χ2v) is 3.24. The van der Waals surface area contributed by atoms with Crippen molar-refractivity contribution in [1.29, 1.82) is 0 Å². The lowest BCUT2D eigenvalue weighted by Crippen LogP contribution is -2.31. The SMILES string of the molecule is CC(C)COC(C)[N]OC(C)N. The van der Waals surface area contributed by atoms with E-state index in [-0.39, 0.29) is 12.5 Å². The van der Waals surface area contributed by atoms with Gasteiger partial charge in [-0.3, -0.25) is 4.84 Å². The second-order valence-electron chi connectivity index (χ2n) is 3.24. The van der Waals surface area contributed by atoms with Crippen molar-refractivity contribution in [1.82, 2.24) is 5.48 Å². The highest BCUT2D eigenvalue weighted by atomic mass is 16.7. The normalized spacial score (nSPS) is 16.5. The average Bonchev–Trinajstić information content (AvgIpc) is 1.96. The number of rotatable bonds is 6. The third-order valence-corrected chi connectivity index (χ3v) is 1.05. The first-order valence-electron chi connectivity index (χ1n) is 4.25. The summed E-state index contributed by atoms with van der Waals surface area (Å²) in [4.78, 5) is 4.81. The smallest absolute Gasteiger partial charge is 0.148 e. The Balaban J connectivity index is 3.27. The van der Waals surface area contributed by atoms with E-state index in [0.717, 1.165) is 0 Å². The molecule has 2 atom stereocenters. The molecule has 1 radical (unpaired) electrons. The molecule has 2 N–H and O–H groups in total. The summed E-state index contributed by atoms with van der Waals surface area (Å²) >= 11 is 0. The zero-order valence-electron chi connectivity index (χ0n) is 8.28. The van der Waals surface area contributed by atoms with Gasteiger partial charge in [0.15, 0.2) is 0 Å². The summed E-state index contributed by atoms with van der Waals surface area (Å²) in [5, 5.41) is 0. The van der Waals surface area contributed by atoms with E-state index in [0.29, 0.717) is 12.5 Å². The third kappa shape index (κ3) is 7.94. The Bertz CT molecular complexity index is 95.2. The highest BCUT2D eigenvalue weighted by Crippen LogP contribution is 1.96. The zero-order valence-corrected chi connectivity index (χ0v) is 8.28. The van der Waals surface area contributed by atoms with E-state index in [1.807, 2.05) is 6.92 Å². The molecule has 0 fully saturated rings. The van der Waals surface area contributed by atoms with Gasteiger partial charge in [-0.25, -0.2) is 0 Å². The summed E-state index contributed by atoms with van der Waals surface area (Å²) in [5.74, 6) is 0.512. The minimum Gasteiger partial charge on any atom is -0.359 e. The molecule has 0 rings (SSSR count). The van der Waals surface area contributed by atoms with E-state index in [2.05, 4.69) is 19.3 Å². The van der Waals surface area contributed by atoms with E-state index >= 15 is 0 Å². The Labute approximate surface area is 74.4 Å². The molecule has 0 heterocycles. The molecular weight excluding hydrogens is 156 g/mol. The lowest BCUT2D eigenvalue weighted by atomic mass is 10.2. The van der Waals surface area contributed by atoms with Crippen LogP contribution in [-0.2, 0) is 9.57 Å². The van der Waals surface area contributed by atoms with Crippen molar-refractivity contribution in [2.45, 2.75) is 40.2 Å². The first kappa shape index (κ1) is 11.8. The topological polar surface area (TPSA) is 58.6 Å². The molecule has 2 unspecified atom stereocenters. The van der Waals surface area contributed by atoms with Crippen molar-refractivity contribution in [3.05, 3.63) is 0 Å². The second kappa shape index (κ2) is 6.37. The van der Waals surface area contributed by atoms with Crippen LogP contribution in [0.3, 0.4) is 0 Å². The molecule has 0 bridgehead atoms. The summed E-state index contributed by atoms with van der Waals surface area (Å²) < 4.78 is 5.31. The molecule has 0 aromatic carbocycles. The predicted octanol–water partition coefficient (Wildman–Crippen LogP) is 0.846. The van der Waals surface area contributed by atoms with Gasteiger partial charge in [0.1, 0.15) is 12.5 Å². The van der Waals surface area contributed by atoms with E-state index in [1.165, 1.54) is 0 Å². The quantitative estimate of drug-likeness (QED) is 0.481. The van der Waals surface area contributed by atoms with Crippen LogP contribution in [0.15, 0.2) is 0 Å². The van der Waals surface area contributed by atoms with Crippen LogP contribution in [-0.4, -0.2) is 19.1 Å². The van der Waals surface area contributed by atoms with Crippen molar-refractivity contribution in [2.24, 2.45) is 11.7 Å². The van der Waals surface area contributed by atoms with Gasteiger partial charge in [0.05, 0.1) is 6.61 Å². The molecule has 4 heteroatoms. The van der Waals surface area contributed by atoms with Crippen LogP contribution in [0.4, 0.5) is 0 Å². The largest absolute Gasteiger partial charge is 0.359 e. The monoisotopic (exact) mass is 175 g/mol. The molecule has 0 aliphatic carbocycles. The summed E-state index contributed by atoms with van der Waals surface area (Å²) in [7, 11) is 0. The van der Waals surface area contributed by atoms with Crippen LogP contribution in [0.2, 0.25) is 0 Å². The zero-order chi connectivity index (χ0) is 9.56. The van der Waals surface area contributed by atoms with Gasteiger partial charge in [-0.15, -0.1) is 0 Å². The summed E-state index contributed by atoms with van der Waals surface area (Å²) in [6.07, 6.45) is -0.603. The van der Waals surface area contributed by atoms with Crippen LogP contribution in [0.1, 0.15) is 27.7 Å². The van der Waals surface area contributed by atoms with Crippen LogP contribution in [0, 0.1) is 5.92 Å². The van der Waals surface area contributed by atoms with Crippen LogP contribution >= 0.6 is 0 Å². The third-order valence-electron chi connectivity index (χ3n) is 1.05. The van der Waals surface area contributed by atoms with E-state index in [4.69, 9.17) is 15.3 Å². The number of ether oxygens (including phenoxy) is 1. The van der Waals surface area contributed by atoms with Crippen molar-refractivity contribution in [3.63, 3.8) is 0 Å². The lowest BCUT2D eigenvalue weighted by molar-refractivity contribution is -0.118. The van der Waals surface area contributed by atoms with Crippen LogP contribution in [0.25, 0.3) is 0 Å². The number of nitrogens with two attached hydrogens (primary N) is 1. The van der Waals surface area contributed by atoms with Gasteiger partial charge in [0, 0.05) is 0 Å². The van der Waals surface area contributed by atoms with E-state index < -0.39 is 0 Å². The fourth-order valence-electron chi connectivity index (χ4n) is 0.544. The molecule has 0 aliphatic rings. The molecule has 0 aromatic rings. The molecule has 0 aromatic heterocycles. The number of hydroxylamine groups is 1. The summed E-state index contributed by atoms with van der Waals surface area (Å²) in [6, 6.07) is 0. The maximum absolute atomic E-state index is 5.33. The Morgan fingerprint density at radius 3 is 2.25 bits per heavy atom. The first-order valence-corrected chi connectivity index (χ1v) is 4.25. The van der Waals surface area contributed by atoms with Gasteiger partial charge in [-0.1, -0.05) is 19.3 Å². The predicted molar refractivity (Wildman–Crippen MR) is 47.1 cm³/mol. The highest BCUT2D eigenvalue weighted by Gasteiger charge is 2.05. The minimum atomic E-state index is -0.366. The molecule has 0 amide bonds. The fourth-order valence-corrected chi connectivity index (χ4v) is 0.544. The van der Waals surface area contributed by atoms with Crippen molar-refractivity contribution >= 4 is 0 Å². The van der Waals surface area contributed by atoms with Crippen LogP contribution in [0.5, 0.6) is 0 Å². The lowest BCUT2D eigenvalue weighted by Gasteiger charge is -2.14. The van der Waals surface area contributed by atoms with Gasteiger partial charge in [-0.2, -0.15) is 0 Å². The van der Waals surface area contributed by atoms with E-state index in [1.54, 1.807) is 6.92 Å². The van der Waals surface area contributed by atoms with Crippen LogP contribution < -0.4 is 11.2 Å². The maximum Gasteiger partial charge on any atom is 0.148 e. The molecule has 0 saturated heterocycles.